The number of carbonyl (C=O) groups is 2. The van der Waals surface area contributed by atoms with Gasteiger partial charge in [-0.1, -0.05) is 29.3 Å². The standard InChI is InChI=1S/C27H30O6/c1-19(2)13-15-31-22-10-11-23(26(17-22)33-18-27(29)30)24(28)12-9-21-7-5-6-8-25(21)32-16-14-20(3)4/h5-14,17H,15-16,18H2,1-4H3,(H,29,30). The van der Waals surface area contributed by atoms with E-state index in [0.717, 1.165) is 16.7 Å². The lowest BCUT2D eigenvalue weighted by Crippen LogP contribution is -2.12. The second kappa shape index (κ2) is 12.9. The molecule has 6 nitrogen and oxygen atoms in total. The molecule has 0 saturated carbocycles. The maximum Gasteiger partial charge on any atom is 0.341 e. The monoisotopic (exact) mass is 450 g/mol. The summed E-state index contributed by atoms with van der Waals surface area (Å²) in [5.74, 6) is -0.182. The van der Waals surface area contributed by atoms with E-state index < -0.39 is 12.6 Å². The van der Waals surface area contributed by atoms with Gasteiger partial charge < -0.3 is 19.3 Å². The van der Waals surface area contributed by atoms with Gasteiger partial charge in [-0.25, -0.2) is 4.79 Å². The molecule has 0 heterocycles. The topological polar surface area (TPSA) is 82.1 Å². The molecular formula is C27H30O6. The highest BCUT2D eigenvalue weighted by molar-refractivity contribution is 6.09. The summed E-state index contributed by atoms with van der Waals surface area (Å²) in [6, 6.07) is 12.2. The number of ether oxygens (including phenoxy) is 3. The summed E-state index contributed by atoms with van der Waals surface area (Å²) in [5.41, 5.74) is 3.26. The van der Waals surface area contributed by atoms with Crippen LogP contribution in [0.5, 0.6) is 17.2 Å². The van der Waals surface area contributed by atoms with Crippen molar-refractivity contribution >= 4 is 17.8 Å². The lowest BCUT2D eigenvalue weighted by Gasteiger charge is -2.11. The van der Waals surface area contributed by atoms with Gasteiger partial charge in [0.25, 0.3) is 0 Å². The van der Waals surface area contributed by atoms with Crippen LogP contribution in [-0.4, -0.2) is 36.7 Å². The third-order valence-corrected chi connectivity index (χ3v) is 4.37. The molecule has 0 spiro atoms. The van der Waals surface area contributed by atoms with Crippen LogP contribution in [0, 0.1) is 0 Å². The zero-order valence-corrected chi connectivity index (χ0v) is 19.5. The number of rotatable bonds is 12. The van der Waals surface area contributed by atoms with Crippen LogP contribution < -0.4 is 14.2 Å². The van der Waals surface area contributed by atoms with Gasteiger partial charge in [-0.15, -0.1) is 0 Å². The van der Waals surface area contributed by atoms with Gasteiger partial charge in [0.15, 0.2) is 12.4 Å². The zero-order valence-electron chi connectivity index (χ0n) is 19.5. The summed E-state index contributed by atoms with van der Waals surface area (Å²) in [5, 5.41) is 8.98. The molecular weight excluding hydrogens is 420 g/mol. The first-order valence-corrected chi connectivity index (χ1v) is 10.6. The molecule has 0 unspecified atom stereocenters. The van der Waals surface area contributed by atoms with Crippen molar-refractivity contribution in [1.82, 2.24) is 0 Å². The minimum atomic E-state index is -1.14. The number of para-hydroxylation sites is 1. The molecule has 0 fully saturated rings. The summed E-state index contributed by atoms with van der Waals surface area (Å²) in [7, 11) is 0. The number of ketones is 1. The quantitative estimate of drug-likeness (QED) is 0.252. The molecule has 174 valence electrons. The van der Waals surface area contributed by atoms with Crippen molar-refractivity contribution in [1.29, 1.82) is 0 Å². The second-order valence-electron chi connectivity index (χ2n) is 7.76. The zero-order chi connectivity index (χ0) is 24.2. The Kier molecular flexibility index (Phi) is 9.96. The van der Waals surface area contributed by atoms with Crippen molar-refractivity contribution in [3.63, 3.8) is 0 Å². The Morgan fingerprint density at radius 1 is 0.848 bits per heavy atom. The number of carboxylic acids is 1. The van der Waals surface area contributed by atoms with Crippen LogP contribution in [0.25, 0.3) is 6.08 Å². The van der Waals surface area contributed by atoms with Crippen LogP contribution in [0.1, 0.15) is 43.6 Å². The van der Waals surface area contributed by atoms with Gasteiger partial charge in [0.2, 0.25) is 0 Å². The first-order valence-electron chi connectivity index (χ1n) is 10.6. The minimum Gasteiger partial charge on any atom is -0.489 e. The number of benzene rings is 2. The number of carboxylic acid groups (broad SMARTS) is 1. The fourth-order valence-corrected chi connectivity index (χ4v) is 2.66. The Balaban J connectivity index is 2.23. The molecule has 1 N–H and O–H groups in total. The van der Waals surface area contributed by atoms with E-state index in [0.29, 0.717) is 24.7 Å². The van der Waals surface area contributed by atoms with Gasteiger partial charge in [0.05, 0.1) is 5.56 Å². The average molecular weight is 451 g/mol. The van der Waals surface area contributed by atoms with Crippen molar-refractivity contribution in [2.24, 2.45) is 0 Å². The maximum absolute atomic E-state index is 12.9. The lowest BCUT2D eigenvalue weighted by molar-refractivity contribution is -0.139. The Bertz CT molecular complexity index is 1050. The van der Waals surface area contributed by atoms with Crippen molar-refractivity contribution in [3.8, 4) is 17.2 Å². The van der Waals surface area contributed by atoms with Crippen LogP contribution in [0.2, 0.25) is 0 Å². The summed E-state index contributed by atoms with van der Waals surface area (Å²) in [6.07, 6.45) is 6.96. The Labute approximate surface area is 194 Å². The molecule has 0 aliphatic carbocycles. The predicted octanol–water partition coefficient (Wildman–Crippen LogP) is 5.74. The highest BCUT2D eigenvalue weighted by Gasteiger charge is 2.14. The summed E-state index contributed by atoms with van der Waals surface area (Å²) >= 11 is 0. The number of hydrogen-bond donors (Lipinski definition) is 1. The average Bonchev–Trinajstić information content (AvgIpc) is 2.76. The maximum atomic E-state index is 12.9. The van der Waals surface area contributed by atoms with Gasteiger partial charge in [0, 0.05) is 11.6 Å². The Morgan fingerprint density at radius 3 is 2.18 bits per heavy atom. The third kappa shape index (κ3) is 9.07. The SMILES string of the molecule is CC(C)=CCOc1ccc(C(=O)C=Cc2ccccc2OCC=C(C)C)c(OCC(=O)O)c1. The van der Waals surface area contributed by atoms with Crippen LogP contribution >= 0.6 is 0 Å². The van der Waals surface area contributed by atoms with Crippen molar-refractivity contribution < 1.29 is 28.9 Å². The van der Waals surface area contributed by atoms with Gasteiger partial charge in [0.1, 0.15) is 30.5 Å². The van der Waals surface area contributed by atoms with E-state index in [1.54, 1.807) is 18.2 Å². The molecule has 0 amide bonds. The van der Waals surface area contributed by atoms with E-state index in [1.165, 1.54) is 12.1 Å². The van der Waals surface area contributed by atoms with Gasteiger partial charge in [-0.05, 0) is 70.2 Å². The largest absolute Gasteiger partial charge is 0.489 e. The summed E-state index contributed by atoms with van der Waals surface area (Å²) in [4.78, 5) is 23.9. The number of carbonyl (C=O) groups excluding carboxylic acids is 1. The van der Waals surface area contributed by atoms with E-state index in [9.17, 15) is 9.59 Å². The normalized spacial score (nSPS) is 10.4. The fourth-order valence-electron chi connectivity index (χ4n) is 2.66. The molecule has 2 aromatic rings. The van der Waals surface area contributed by atoms with Gasteiger partial charge in [-0.2, -0.15) is 0 Å². The Hall–Kier alpha value is -3.80. The van der Waals surface area contributed by atoms with Crippen LogP contribution in [0.3, 0.4) is 0 Å². The fraction of sp³-hybridized carbons (Fsp3) is 0.259. The molecule has 0 aromatic heterocycles. The number of hydrogen-bond acceptors (Lipinski definition) is 5. The third-order valence-electron chi connectivity index (χ3n) is 4.37. The summed E-state index contributed by atoms with van der Waals surface area (Å²) < 4.78 is 16.8. The molecule has 0 atom stereocenters. The van der Waals surface area contributed by atoms with Crippen LogP contribution in [0.15, 0.2) is 71.8 Å². The summed E-state index contributed by atoms with van der Waals surface area (Å²) in [6.45, 7) is 8.14. The molecule has 0 aliphatic heterocycles. The predicted molar refractivity (Wildman–Crippen MR) is 129 cm³/mol. The molecule has 0 radical (unpaired) electrons. The lowest BCUT2D eigenvalue weighted by atomic mass is 10.1. The molecule has 33 heavy (non-hydrogen) atoms. The van der Waals surface area contributed by atoms with Crippen LogP contribution in [-0.2, 0) is 4.79 Å². The first-order chi connectivity index (χ1) is 15.8. The smallest absolute Gasteiger partial charge is 0.341 e. The van der Waals surface area contributed by atoms with E-state index in [4.69, 9.17) is 19.3 Å². The van der Waals surface area contributed by atoms with E-state index in [1.807, 2.05) is 64.1 Å². The number of aliphatic carboxylic acids is 1. The van der Waals surface area contributed by atoms with Gasteiger partial charge in [-0.3, -0.25) is 4.79 Å². The van der Waals surface area contributed by atoms with E-state index in [2.05, 4.69) is 0 Å². The Morgan fingerprint density at radius 2 is 1.52 bits per heavy atom. The van der Waals surface area contributed by atoms with E-state index in [-0.39, 0.29) is 17.1 Å². The minimum absolute atomic E-state index is 0.148. The highest BCUT2D eigenvalue weighted by atomic mass is 16.5. The molecule has 0 bridgehead atoms. The van der Waals surface area contributed by atoms with Crippen LogP contribution in [0.4, 0.5) is 0 Å². The van der Waals surface area contributed by atoms with Crippen molar-refractivity contribution in [2.75, 3.05) is 19.8 Å². The molecule has 0 aliphatic rings. The number of allylic oxidation sites excluding steroid dienone is 3. The van der Waals surface area contributed by atoms with Gasteiger partial charge >= 0.3 is 5.97 Å². The second-order valence-corrected chi connectivity index (χ2v) is 7.76. The molecule has 6 heteroatoms. The molecule has 2 rings (SSSR count). The molecule has 2 aromatic carbocycles. The van der Waals surface area contributed by atoms with E-state index >= 15 is 0 Å². The first kappa shape index (κ1) is 25.5. The molecule has 0 saturated heterocycles. The highest BCUT2D eigenvalue weighted by Crippen LogP contribution is 2.27. The van der Waals surface area contributed by atoms with Crippen molar-refractivity contribution in [2.45, 2.75) is 27.7 Å². The van der Waals surface area contributed by atoms with Crippen molar-refractivity contribution in [3.05, 3.63) is 83.0 Å².